The van der Waals surface area contributed by atoms with E-state index in [2.05, 4.69) is 44.3 Å². The van der Waals surface area contributed by atoms with Crippen LogP contribution in [0.2, 0.25) is 0 Å². The minimum atomic E-state index is 0.283. The quantitative estimate of drug-likeness (QED) is 0.412. The Morgan fingerprint density at radius 3 is 2.77 bits per heavy atom. The zero-order valence-corrected chi connectivity index (χ0v) is 17.0. The van der Waals surface area contributed by atoms with E-state index in [0.29, 0.717) is 34.4 Å². The van der Waals surface area contributed by atoms with Gasteiger partial charge >= 0.3 is 0 Å². The largest absolute Gasteiger partial charge is 0.335 e. The Labute approximate surface area is 177 Å². The second-order valence-corrected chi connectivity index (χ2v) is 7.47. The van der Waals surface area contributed by atoms with Crippen LogP contribution in [0.5, 0.6) is 5.88 Å². The molecule has 5 aromatic rings. The van der Waals surface area contributed by atoms with E-state index in [1.165, 1.54) is 10.4 Å². The van der Waals surface area contributed by atoms with Crippen molar-refractivity contribution in [1.29, 1.82) is 0 Å². The summed E-state index contributed by atoms with van der Waals surface area (Å²) >= 11 is 0. The van der Waals surface area contributed by atoms with Gasteiger partial charge in [-0.15, -0.1) is 5.10 Å². The van der Waals surface area contributed by atoms with Crippen LogP contribution in [0.3, 0.4) is 0 Å². The molecule has 9 nitrogen and oxygen atoms in total. The maximum Gasteiger partial charge on any atom is 0.276 e. The van der Waals surface area contributed by atoms with Crippen molar-refractivity contribution in [3.8, 4) is 28.9 Å². The molecule has 0 aliphatic heterocycles. The predicted molar refractivity (Wildman–Crippen MR) is 113 cm³/mol. The lowest BCUT2D eigenvalue weighted by molar-refractivity contribution is 0.177. The van der Waals surface area contributed by atoms with E-state index in [9.17, 15) is 0 Å². The molecule has 0 fully saturated rings. The van der Waals surface area contributed by atoms with Gasteiger partial charge in [-0.2, -0.15) is 4.98 Å². The molecular formula is C22H19N7O2. The molecule has 0 unspecified atom stereocenters. The summed E-state index contributed by atoms with van der Waals surface area (Å²) < 4.78 is 5.44. The van der Waals surface area contributed by atoms with Crippen LogP contribution in [0, 0.1) is 5.92 Å². The van der Waals surface area contributed by atoms with E-state index in [0.717, 1.165) is 11.9 Å². The Balaban J connectivity index is 1.44. The molecule has 0 bridgehead atoms. The average Bonchev–Trinajstić information content (AvgIpc) is 3.42. The van der Waals surface area contributed by atoms with Crippen LogP contribution in [-0.4, -0.2) is 35.3 Å². The highest BCUT2D eigenvalue weighted by atomic mass is 16.7. The molecule has 0 aliphatic carbocycles. The molecule has 154 valence electrons. The van der Waals surface area contributed by atoms with Gasteiger partial charge in [0.2, 0.25) is 5.82 Å². The van der Waals surface area contributed by atoms with Gasteiger partial charge in [-0.1, -0.05) is 42.0 Å². The Morgan fingerprint density at radius 2 is 1.94 bits per heavy atom. The second kappa shape index (κ2) is 7.94. The molecule has 9 heteroatoms. The Morgan fingerprint density at radius 1 is 1.03 bits per heavy atom. The number of pyridine rings is 2. The first-order valence-corrected chi connectivity index (χ1v) is 9.90. The SMILES string of the molecule is CC(C)Cc1ccc(-c2nc(-c3cccnc3On3nnc4ccccc43)no2)nc1. The van der Waals surface area contributed by atoms with E-state index in [1.807, 2.05) is 42.6 Å². The van der Waals surface area contributed by atoms with E-state index >= 15 is 0 Å². The standard InChI is InChI=1S/C22H19N7O2/c1-14(2)12-15-9-10-18(24-13-15)22-25-20(27-30-22)16-6-5-11-23-21(16)31-29-19-8-4-3-7-17(19)26-28-29/h3-11,13-14H,12H2,1-2H3. The third-order valence-corrected chi connectivity index (χ3v) is 4.62. The summed E-state index contributed by atoms with van der Waals surface area (Å²) in [6.45, 7) is 4.35. The molecular weight excluding hydrogens is 394 g/mol. The molecule has 0 saturated heterocycles. The first-order valence-electron chi connectivity index (χ1n) is 9.90. The van der Waals surface area contributed by atoms with Gasteiger partial charge in [-0.25, -0.2) is 4.98 Å². The number of aromatic nitrogens is 7. The van der Waals surface area contributed by atoms with Crippen LogP contribution in [0.4, 0.5) is 0 Å². The summed E-state index contributed by atoms with van der Waals surface area (Å²) in [5.74, 6) is 1.52. The highest BCUT2D eigenvalue weighted by Crippen LogP contribution is 2.28. The van der Waals surface area contributed by atoms with Crippen molar-refractivity contribution in [1.82, 2.24) is 35.3 Å². The first-order chi connectivity index (χ1) is 15.2. The van der Waals surface area contributed by atoms with Gasteiger partial charge in [0.1, 0.15) is 16.7 Å². The first kappa shape index (κ1) is 18.9. The lowest BCUT2D eigenvalue weighted by Crippen LogP contribution is -2.09. The number of para-hydroxylation sites is 1. The van der Waals surface area contributed by atoms with E-state index in [1.54, 1.807) is 18.3 Å². The summed E-state index contributed by atoms with van der Waals surface area (Å²) in [4.78, 5) is 20.5. The van der Waals surface area contributed by atoms with Crippen LogP contribution >= 0.6 is 0 Å². The molecule has 31 heavy (non-hydrogen) atoms. The van der Waals surface area contributed by atoms with Crippen molar-refractivity contribution in [2.45, 2.75) is 20.3 Å². The van der Waals surface area contributed by atoms with E-state index < -0.39 is 0 Å². The van der Waals surface area contributed by atoms with Crippen molar-refractivity contribution in [2.75, 3.05) is 0 Å². The summed E-state index contributed by atoms with van der Waals surface area (Å²) in [6, 6.07) is 15.0. The van der Waals surface area contributed by atoms with Crippen LogP contribution in [0.25, 0.3) is 34.0 Å². The topological polar surface area (TPSA) is 105 Å². The molecule has 4 heterocycles. The van der Waals surface area contributed by atoms with Gasteiger partial charge in [0, 0.05) is 12.4 Å². The van der Waals surface area contributed by atoms with Gasteiger partial charge in [-0.3, -0.25) is 4.98 Å². The Hall–Kier alpha value is -4.14. The number of fused-ring (bicyclic) bond motifs is 1. The predicted octanol–water partition coefficient (Wildman–Crippen LogP) is 3.98. The molecule has 1 aromatic carbocycles. The van der Waals surface area contributed by atoms with E-state index in [4.69, 9.17) is 9.36 Å². The highest BCUT2D eigenvalue weighted by molar-refractivity contribution is 5.73. The van der Waals surface area contributed by atoms with Crippen molar-refractivity contribution in [3.05, 3.63) is 66.5 Å². The summed E-state index contributed by atoms with van der Waals surface area (Å²) in [7, 11) is 0. The molecule has 0 aliphatic rings. The fraction of sp³-hybridized carbons (Fsp3) is 0.182. The van der Waals surface area contributed by atoms with Crippen LogP contribution in [-0.2, 0) is 6.42 Å². The molecule has 0 atom stereocenters. The van der Waals surface area contributed by atoms with Gasteiger partial charge in [0.25, 0.3) is 11.8 Å². The fourth-order valence-corrected chi connectivity index (χ4v) is 3.21. The lowest BCUT2D eigenvalue weighted by Gasteiger charge is -2.06. The highest BCUT2D eigenvalue weighted by Gasteiger charge is 2.18. The van der Waals surface area contributed by atoms with Crippen molar-refractivity contribution >= 4 is 11.0 Å². The van der Waals surface area contributed by atoms with Gasteiger partial charge in [0.05, 0.1) is 5.56 Å². The number of hydrogen-bond donors (Lipinski definition) is 0. The molecule has 0 radical (unpaired) electrons. The van der Waals surface area contributed by atoms with Crippen molar-refractivity contribution < 1.29 is 9.36 Å². The average molecular weight is 413 g/mol. The van der Waals surface area contributed by atoms with Gasteiger partial charge in [0.15, 0.2) is 0 Å². The number of nitrogens with zero attached hydrogens (tertiary/aromatic N) is 7. The molecule has 0 N–H and O–H groups in total. The zero-order chi connectivity index (χ0) is 21.2. The number of hydrogen-bond acceptors (Lipinski definition) is 8. The summed E-state index contributed by atoms with van der Waals surface area (Å²) in [5.41, 5.74) is 3.78. The Bertz CT molecular complexity index is 1330. The van der Waals surface area contributed by atoms with Crippen LogP contribution in [0.1, 0.15) is 19.4 Å². The zero-order valence-electron chi connectivity index (χ0n) is 17.0. The van der Waals surface area contributed by atoms with Crippen molar-refractivity contribution in [3.63, 3.8) is 0 Å². The molecule has 5 rings (SSSR count). The molecule has 0 spiro atoms. The molecule has 0 amide bonds. The van der Waals surface area contributed by atoms with Crippen LogP contribution in [0.15, 0.2) is 65.4 Å². The summed E-state index contributed by atoms with van der Waals surface area (Å²) in [6.07, 6.45) is 4.43. The Kier molecular flexibility index (Phi) is 4.83. The minimum absolute atomic E-state index is 0.283. The number of rotatable bonds is 6. The van der Waals surface area contributed by atoms with E-state index in [-0.39, 0.29) is 5.88 Å². The fourth-order valence-electron chi connectivity index (χ4n) is 3.21. The summed E-state index contributed by atoms with van der Waals surface area (Å²) in [5, 5.41) is 12.2. The maximum atomic E-state index is 5.88. The minimum Gasteiger partial charge on any atom is -0.335 e. The van der Waals surface area contributed by atoms with Crippen molar-refractivity contribution in [2.24, 2.45) is 5.92 Å². The van der Waals surface area contributed by atoms with Gasteiger partial charge < -0.3 is 9.36 Å². The third kappa shape index (κ3) is 3.85. The van der Waals surface area contributed by atoms with Crippen LogP contribution < -0.4 is 4.84 Å². The normalized spacial score (nSPS) is 11.3. The second-order valence-electron chi connectivity index (χ2n) is 7.47. The smallest absolute Gasteiger partial charge is 0.276 e. The third-order valence-electron chi connectivity index (χ3n) is 4.62. The lowest BCUT2D eigenvalue weighted by atomic mass is 10.0. The maximum absolute atomic E-state index is 5.88. The molecule has 0 saturated carbocycles. The van der Waals surface area contributed by atoms with Gasteiger partial charge in [-0.05, 0) is 53.4 Å². The molecule has 4 aromatic heterocycles. The monoisotopic (exact) mass is 413 g/mol. The number of benzene rings is 1.